The highest BCUT2D eigenvalue weighted by molar-refractivity contribution is 5.85. The van der Waals surface area contributed by atoms with E-state index in [0.29, 0.717) is 0 Å². The molecule has 1 aliphatic rings. The molecule has 2 rings (SSSR count). The Labute approximate surface area is 171 Å². The Balaban J connectivity index is 1.95. The second kappa shape index (κ2) is 10.8. The molecule has 6 N–H and O–H groups in total. The highest BCUT2D eigenvalue weighted by atomic mass is 16.7. The summed E-state index contributed by atoms with van der Waals surface area (Å²) in [4.78, 5) is 35.6. The minimum absolute atomic E-state index is 0.200. The Kier molecular flexibility index (Phi) is 8.50. The first-order valence-corrected chi connectivity index (χ1v) is 8.94. The van der Waals surface area contributed by atoms with Crippen molar-refractivity contribution >= 4 is 18.0 Å². The molecule has 0 radical (unpaired) electrons. The van der Waals surface area contributed by atoms with Gasteiger partial charge in [-0.2, -0.15) is 0 Å². The summed E-state index contributed by atoms with van der Waals surface area (Å²) in [5, 5.41) is 43.1. The fourth-order valence-corrected chi connectivity index (χ4v) is 2.69. The van der Waals surface area contributed by atoms with E-state index in [-0.39, 0.29) is 13.2 Å². The highest BCUT2D eigenvalue weighted by Gasteiger charge is 2.48. The average molecular weight is 428 g/mol. The number of carbonyl (C=O) groups excluding carboxylic acids is 2. The van der Waals surface area contributed by atoms with Gasteiger partial charge in [-0.3, -0.25) is 4.79 Å². The van der Waals surface area contributed by atoms with Crippen LogP contribution in [0.15, 0.2) is 30.3 Å². The smallest absolute Gasteiger partial charge is 0.410 e. The van der Waals surface area contributed by atoms with Crippen LogP contribution in [0.2, 0.25) is 0 Å². The number of carboxylic acids is 1. The first kappa shape index (κ1) is 23.5. The number of ether oxygens (including phenoxy) is 3. The van der Waals surface area contributed by atoms with E-state index in [2.05, 4.69) is 10.6 Å². The standard InChI is InChI=1S/C18H24N2O10/c1-28-8-10(15(24)19-7-9-5-3-2-4-6-9)20-18(27)30-17-13(23)11(21)12(22)14(29-17)16(25)26/h2-6,10-14,17,21-23H,7-8H2,1H3,(H,19,24)(H,20,27)(H,25,26)/t10-,11+,12+,13-,14+,17+/m1/s1. The largest absolute Gasteiger partial charge is 0.479 e. The van der Waals surface area contributed by atoms with Gasteiger partial charge in [0.25, 0.3) is 0 Å². The summed E-state index contributed by atoms with van der Waals surface area (Å²) < 4.78 is 14.6. The molecule has 0 aliphatic carbocycles. The first-order chi connectivity index (χ1) is 14.2. The number of aliphatic hydroxyl groups excluding tert-OH is 3. The zero-order valence-electron chi connectivity index (χ0n) is 16.0. The second-order valence-electron chi connectivity index (χ2n) is 6.50. The van der Waals surface area contributed by atoms with Gasteiger partial charge >= 0.3 is 12.1 Å². The summed E-state index contributed by atoms with van der Waals surface area (Å²) in [6, 6.07) is 7.85. The van der Waals surface area contributed by atoms with E-state index in [1.165, 1.54) is 7.11 Å². The van der Waals surface area contributed by atoms with Crippen molar-refractivity contribution in [2.75, 3.05) is 13.7 Å². The summed E-state index contributed by atoms with van der Waals surface area (Å²) in [7, 11) is 1.31. The molecular weight excluding hydrogens is 404 g/mol. The number of aliphatic carboxylic acids is 1. The Morgan fingerprint density at radius 2 is 1.77 bits per heavy atom. The fourth-order valence-electron chi connectivity index (χ4n) is 2.69. The van der Waals surface area contributed by atoms with E-state index < -0.39 is 54.7 Å². The lowest BCUT2D eigenvalue weighted by Gasteiger charge is -2.38. The van der Waals surface area contributed by atoms with E-state index in [4.69, 9.17) is 19.3 Å². The maximum atomic E-state index is 12.3. The number of benzene rings is 1. The van der Waals surface area contributed by atoms with Crippen LogP contribution in [-0.4, -0.2) is 88.9 Å². The van der Waals surface area contributed by atoms with Crippen LogP contribution in [0.4, 0.5) is 4.79 Å². The minimum Gasteiger partial charge on any atom is -0.479 e. The van der Waals surface area contributed by atoms with Crippen LogP contribution >= 0.6 is 0 Å². The molecule has 30 heavy (non-hydrogen) atoms. The van der Waals surface area contributed by atoms with Gasteiger partial charge in [0.15, 0.2) is 6.10 Å². The number of alkyl carbamates (subject to hydrolysis) is 1. The molecule has 1 aromatic rings. The van der Waals surface area contributed by atoms with E-state index in [1.54, 1.807) is 24.3 Å². The molecule has 1 aliphatic heterocycles. The first-order valence-electron chi connectivity index (χ1n) is 8.94. The maximum Gasteiger partial charge on any atom is 0.410 e. The minimum atomic E-state index is -1.93. The van der Waals surface area contributed by atoms with Crippen LogP contribution in [0.3, 0.4) is 0 Å². The van der Waals surface area contributed by atoms with Crippen molar-refractivity contribution < 1.29 is 49.0 Å². The predicted molar refractivity (Wildman–Crippen MR) is 97.9 cm³/mol. The van der Waals surface area contributed by atoms with Gasteiger partial charge in [0.05, 0.1) is 6.61 Å². The molecule has 0 unspecified atom stereocenters. The van der Waals surface area contributed by atoms with Crippen LogP contribution in [0, 0.1) is 0 Å². The molecule has 1 fully saturated rings. The molecule has 1 aromatic carbocycles. The molecule has 12 nitrogen and oxygen atoms in total. The quantitative estimate of drug-likeness (QED) is 0.269. The van der Waals surface area contributed by atoms with E-state index in [9.17, 15) is 29.7 Å². The lowest BCUT2D eigenvalue weighted by molar-refractivity contribution is -0.278. The lowest BCUT2D eigenvalue weighted by atomic mass is 9.99. The van der Waals surface area contributed by atoms with Crippen LogP contribution < -0.4 is 10.6 Å². The third kappa shape index (κ3) is 6.11. The molecule has 12 heteroatoms. The zero-order chi connectivity index (χ0) is 22.3. The van der Waals surface area contributed by atoms with Gasteiger partial charge in [-0.15, -0.1) is 0 Å². The number of aliphatic hydroxyl groups is 3. The number of carboxylic acid groups (broad SMARTS) is 1. The fraction of sp³-hybridized carbons (Fsp3) is 0.500. The number of nitrogens with one attached hydrogen (secondary N) is 2. The van der Waals surface area contributed by atoms with E-state index in [1.807, 2.05) is 6.07 Å². The van der Waals surface area contributed by atoms with Crippen molar-refractivity contribution in [3.8, 4) is 0 Å². The molecule has 6 atom stereocenters. The summed E-state index contributed by atoms with van der Waals surface area (Å²) >= 11 is 0. The highest BCUT2D eigenvalue weighted by Crippen LogP contribution is 2.22. The van der Waals surface area contributed by atoms with Gasteiger partial charge in [-0.25, -0.2) is 9.59 Å². The molecule has 1 heterocycles. The summed E-state index contributed by atoms with van der Waals surface area (Å²) in [5.74, 6) is -2.21. The molecule has 2 amide bonds. The van der Waals surface area contributed by atoms with Gasteiger partial charge in [-0.05, 0) is 5.56 Å². The maximum absolute atomic E-state index is 12.3. The molecule has 0 aromatic heterocycles. The van der Waals surface area contributed by atoms with Crippen molar-refractivity contribution in [1.82, 2.24) is 10.6 Å². The third-order valence-electron chi connectivity index (χ3n) is 4.29. The third-order valence-corrected chi connectivity index (χ3v) is 4.29. The number of hydrogen-bond acceptors (Lipinski definition) is 9. The monoisotopic (exact) mass is 428 g/mol. The number of hydrogen-bond donors (Lipinski definition) is 6. The van der Waals surface area contributed by atoms with Gasteiger partial charge in [0.2, 0.25) is 12.2 Å². The van der Waals surface area contributed by atoms with Crippen molar-refractivity contribution in [1.29, 1.82) is 0 Å². The molecule has 0 bridgehead atoms. The van der Waals surface area contributed by atoms with Crippen LogP contribution in [0.25, 0.3) is 0 Å². The molecule has 166 valence electrons. The summed E-state index contributed by atoms with van der Waals surface area (Å²) in [6.07, 6.45) is -10.8. The van der Waals surface area contributed by atoms with Crippen molar-refractivity contribution in [2.45, 2.75) is 43.3 Å². The number of amides is 2. The number of rotatable bonds is 8. The SMILES string of the molecule is COC[C@@H](NC(=O)O[C@@H]1O[C@H](C(=O)O)[C@@H](O)[C@H](O)[C@H]1O)C(=O)NCc1ccccc1. The Hall–Kier alpha value is -2.77. The van der Waals surface area contributed by atoms with Crippen molar-refractivity contribution in [2.24, 2.45) is 0 Å². The van der Waals surface area contributed by atoms with Crippen LogP contribution in [0.1, 0.15) is 5.56 Å². The van der Waals surface area contributed by atoms with E-state index in [0.717, 1.165) is 5.56 Å². The van der Waals surface area contributed by atoms with Gasteiger partial charge in [0, 0.05) is 13.7 Å². The molecular formula is C18H24N2O10. The van der Waals surface area contributed by atoms with Gasteiger partial charge < -0.3 is 45.3 Å². The van der Waals surface area contributed by atoms with Crippen molar-refractivity contribution in [3.63, 3.8) is 0 Å². The molecule has 0 spiro atoms. The average Bonchev–Trinajstić information content (AvgIpc) is 2.72. The Morgan fingerprint density at radius 1 is 1.10 bits per heavy atom. The van der Waals surface area contributed by atoms with Crippen molar-refractivity contribution in [3.05, 3.63) is 35.9 Å². The summed E-state index contributed by atoms with van der Waals surface area (Å²) in [5.41, 5.74) is 0.829. The van der Waals surface area contributed by atoms with Crippen LogP contribution in [0.5, 0.6) is 0 Å². The second-order valence-corrected chi connectivity index (χ2v) is 6.50. The Morgan fingerprint density at radius 3 is 2.37 bits per heavy atom. The lowest BCUT2D eigenvalue weighted by Crippen LogP contribution is -2.61. The van der Waals surface area contributed by atoms with Crippen LogP contribution in [-0.2, 0) is 30.3 Å². The van der Waals surface area contributed by atoms with Gasteiger partial charge in [0.1, 0.15) is 24.4 Å². The summed E-state index contributed by atoms with van der Waals surface area (Å²) in [6.45, 7) is -0.00563. The Bertz CT molecular complexity index is 731. The topological polar surface area (TPSA) is 184 Å². The zero-order valence-corrected chi connectivity index (χ0v) is 16.0. The number of carbonyl (C=O) groups is 3. The van der Waals surface area contributed by atoms with Gasteiger partial charge in [-0.1, -0.05) is 30.3 Å². The van der Waals surface area contributed by atoms with E-state index >= 15 is 0 Å². The predicted octanol–water partition coefficient (Wildman–Crippen LogP) is -2.06. The molecule has 1 saturated heterocycles. The number of methoxy groups -OCH3 is 1. The normalized spacial score (nSPS) is 27.0. The molecule has 0 saturated carbocycles.